The van der Waals surface area contributed by atoms with Crippen molar-refractivity contribution in [3.05, 3.63) is 54.1 Å². The van der Waals surface area contributed by atoms with Crippen LogP contribution in [0.3, 0.4) is 0 Å². The van der Waals surface area contributed by atoms with Gasteiger partial charge in [0.1, 0.15) is 10.6 Å². The fraction of sp³-hybridized carbons (Fsp3) is 0.350. The van der Waals surface area contributed by atoms with E-state index in [1.165, 1.54) is 19.2 Å². The van der Waals surface area contributed by atoms with Gasteiger partial charge in [-0.3, -0.25) is 4.79 Å². The first-order chi connectivity index (χ1) is 12.6. The average molecular weight is 391 g/mol. The highest BCUT2D eigenvalue weighted by Crippen LogP contribution is 2.27. The molecule has 1 amide bonds. The number of benzene rings is 2. The van der Waals surface area contributed by atoms with Crippen molar-refractivity contribution in [2.75, 3.05) is 18.6 Å². The Morgan fingerprint density at radius 3 is 2.26 bits per heavy atom. The number of nitrogens with zero attached hydrogens (tertiary/aromatic N) is 1. The molecule has 0 aromatic heterocycles. The summed E-state index contributed by atoms with van der Waals surface area (Å²) in [5.74, 6) is -0.0929. The third-order valence-corrected chi connectivity index (χ3v) is 5.55. The van der Waals surface area contributed by atoms with Crippen LogP contribution in [0.1, 0.15) is 38.1 Å². The third kappa shape index (κ3) is 5.08. The molecule has 146 valence electrons. The van der Waals surface area contributed by atoms with Gasteiger partial charge in [-0.25, -0.2) is 13.1 Å². The zero-order valence-electron chi connectivity index (χ0n) is 16.3. The first kappa shape index (κ1) is 20.9. The number of anilines is 1. The number of methoxy groups -OCH3 is 1. The lowest BCUT2D eigenvalue weighted by molar-refractivity contribution is 0.0988. The lowest BCUT2D eigenvalue weighted by Crippen LogP contribution is -2.40. The number of nitrogens with one attached hydrogen (secondary N) is 1. The number of sulfonamides is 1. The van der Waals surface area contributed by atoms with Gasteiger partial charge in [0.25, 0.3) is 5.91 Å². The summed E-state index contributed by atoms with van der Waals surface area (Å²) in [6, 6.07) is 13.7. The quantitative estimate of drug-likeness (QED) is 0.820. The molecule has 2 rings (SSSR count). The summed E-state index contributed by atoms with van der Waals surface area (Å²) in [4.78, 5) is 14.5. The molecule has 0 aliphatic rings. The van der Waals surface area contributed by atoms with Crippen LogP contribution < -0.4 is 14.4 Å². The lowest BCUT2D eigenvalue weighted by Gasteiger charge is -2.23. The van der Waals surface area contributed by atoms with Crippen LogP contribution in [0.15, 0.2) is 53.4 Å². The van der Waals surface area contributed by atoms with Crippen molar-refractivity contribution in [1.29, 1.82) is 0 Å². The molecule has 0 unspecified atom stereocenters. The van der Waals surface area contributed by atoms with Gasteiger partial charge < -0.3 is 9.64 Å². The SMILES string of the molecule is CCN(C(=O)c1ccc(OC)c(S(=O)(=O)NC(C)(C)C)c1)c1ccccc1. The van der Waals surface area contributed by atoms with Crippen molar-refractivity contribution in [3.8, 4) is 5.75 Å². The Hall–Kier alpha value is -2.38. The van der Waals surface area contributed by atoms with Crippen LogP contribution in [-0.4, -0.2) is 33.5 Å². The Morgan fingerprint density at radius 1 is 1.11 bits per heavy atom. The lowest BCUT2D eigenvalue weighted by atomic mass is 10.1. The first-order valence-corrected chi connectivity index (χ1v) is 10.2. The van der Waals surface area contributed by atoms with Crippen molar-refractivity contribution in [2.45, 2.75) is 38.1 Å². The van der Waals surface area contributed by atoms with Gasteiger partial charge in [0.15, 0.2) is 0 Å². The topological polar surface area (TPSA) is 75.7 Å². The Balaban J connectivity index is 2.49. The highest BCUT2D eigenvalue weighted by atomic mass is 32.2. The molecule has 0 aliphatic heterocycles. The molecule has 6 nitrogen and oxygen atoms in total. The molecule has 0 heterocycles. The standard InChI is InChI=1S/C20H26N2O4S/c1-6-22(16-10-8-7-9-11-16)19(23)15-12-13-17(26-5)18(14-15)27(24,25)21-20(2,3)4/h7-14,21H,6H2,1-5H3. The molecule has 0 fully saturated rings. The van der Waals surface area contributed by atoms with Gasteiger partial charge >= 0.3 is 0 Å². The van der Waals surface area contributed by atoms with Crippen molar-refractivity contribution in [1.82, 2.24) is 4.72 Å². The molecule has 0 aliphatic carbocycles. The summed E-state index contributed by atoms with van der Waals surface area (Å²) in [6.07, 6.45) is 0. The predicted octanol–water partition coefficient (Wildman–Crippen LogP) is 3.44. The molecule has 27 heavy (non-hydrogen) atoms. The van der Waals surface area contributed by atoms with Gasteiger partial charge in [0.05, 0.1) is 7.11 Å². The number of hydrogen-bond donors (Lipinski definition) is 1. The zero-order chi connectivity index (χ0) is 20.2. The van der Waals surface area contributed by atoms with Gasteiger partial charge in [-0.15, -0.1) is 0 Å². The highest BCUT2D eigenvalue weighted by molar-refractivity contribution is 7.89. The fourth-order valence-electron chi connectivity index (χ4n) is 2.69. The molecule has 2 aromatic carbocycles. The van der Waals surface area contributed by atoms with Crippen LogP contribution in [0.5, 0.6) is 5.75 Å². The minimum atomic E-state index is -3.86. The van der Waals surface area contributed by atoms with Crippen molar-refractivity contribution < 1.29 is 17.9 Å². The van der Waals surface area contributed by atoms with E-state index >= 15 is 0 Å². The number of ether oxygens (including phenoxy) is 1. The average Bonchev–Trinajstić information content (AvgIpc) is 2.60. The van der Waals surface area contributed by atoms with Crippen LogP contribution in [0.4, 0.5) is 5.69 Å². The van der Waals surface area contributed by atoms with E-state index in [0.717, 1.165) is 5.69 Å². The summed E-state index contributed by atoms with van der Waals surface area (Å²) in [5, 5.41) is 0. The maximum Gasteiger partial charge on any atom is 0.258 e. The second-order valence-corrected chi connectivity index (χ2v) is 8.76. The summed E-state index contributed by atoms with van der Waals surface area (Å²) >= 11 is 0. The van der Waals surface area contributed by atoms with E-state index in [1.54, 1.807) is 31.7 Å². The van der Waals surface area contributed by atoms with Gasteiger partial charge in [-0.05, 0) is 58.0 Å². The summed E-state index contributed by atoms with van der Waals surface area (Å²) in [7, 11) is -2.46. The fourth-order valence-corrected chi connectivity index (χ4v) is 4.30. The van der Waals surface area contributed by atoms with Gasteiger partial charge in [-0.2, -0.15) is 0 Å². The highest BCUT2D eigenvalue weighted by Gasteiger charge is 2.27. The molecule has 0 saturated carbocycles. The van der Waals surface area contributed by atoms with Crippen molar-refractivity contribution in [3.63, 3.8) is 0 Å². The molecule has 0 spiro atoms. The molecule has 0 bridgehead atoms. The van der Waals surface area contributed by atoms with Crippen LogP contribution in [0, 0.1) is 0 Å². The molecule has 7 heteroatoms. The molecular formula is C20H26N2O4S. The third-order valence-electron chi connectivity index (χ3n) is 3.77. The maximum absolute atomic E-state index is 13.0. The normalized spacial score (nSPS) is 11.9. The summed E-state index contributed by atoms with van der Waals surface area (Å²) in [6.45, 7) is 7.57. The van der Waals surface area contributed by atoms with Crippen LogP contribution in [0.2, 0.25) is 0 Å². The number of para-hydroxylation sites is 1. The van der Waals surface area contributed by atoms with E-state index in [2.05, 4.69) is 4.72 Å². The van der Waals surface area contributed by atoms with Crippen molar-refractivity contribution >= 4 is 21.6 Å². The monoisotopic (exact) mass is 390 g/mol. The van der Waals surface area contributed by atoms with Gasteiger partial charge in [-0.1, -0.05) is 18.2 Å². The number of rotatable bonds is 6. The molecule has 0 radical (unpaired) electrons. The smallest absolute Gasteiger partial charge is 0.258 e. The molecule has 2 aromatic rings. The Kier molecular flexibility index (Phi) is 6.28. The maximum atomic E-state index is 13.0. The number of amides is 1. The van der Waals surface area contributed by atoms with E-state index in [4.69, 9.17) is 4.74 Å². The molecule has 1 N–H and O–H groups in total. The minimum Gasteiger partial charge on any atom is -0.495 e. The van der Waals surface area contributed by atoms with Crippen LogP contribution >= 0.6 is 0 Å². The Morgan fingerprint density at radius 2 is 1.74 bits per heavy atom. The Labute approximate surface area is 161 Å². The van der Waals surface area contributed by atoms with E-state index in [-0.39, 0.29) is 22.1 Å². The summed E-state index contributed by atoms with van der Waals surface area (Å²) in [5.41, 5.74) is 0.359. The van der Waals surface area contributed by atoms with E-state index in [1.807, 2.05) is 37.3 Å². The van der Waals surface area contributed by atoms with Gasteiger partial charge in [0.2, 0.25) is 10.0 Å². The minimum absolute atomic E-state index is 0.0603. The number of carbonyl (C=O) groups is 1. The number of carbonyl (C=O) groups excluding carboxylic acids is 1. The van der Waals surface area contributed by atoms with E-state index in [0.29, 0.717) is 6.54 Å². The second kappa shape index (κ2) is 8.10. The number of hydrogen-bond acceptors (Lipinski definition) is 4. The van der Waals surface area contributed by atoms with Crippen LogP contribution in [0.25, 0.3) is 0 Å². The van der Waals surface area contributed by atoms with Gasteiger partial charge in [0, 0.05) is 23.3 Å². The van der Waals surface area contributed by atoms with Crippen LogP contribution in [-0.2, 0) is 10.0 Å². The molecule has 0 saturated heterocycles. The summed E-state index contributed by atoms with van der Waals surface area (Å²) < 4.78 is 33.4. The largest absolute Gasteiger partial charge is 0.495 e. The molecule has 0 atom stereocenters. The Bertz CT molecular complexity index is 903. The predicted molar refractivity (Wildman–Crippen MR) is 107 cm³/mol. The molecular weight excluding hydrogens is 364 g/mol. The first-order valence-electron chi connectivity index (χ1n) is 8.68. The van der Waals surface area contributed by atoms with Crippen molar-refractivity contribution in [2.24, 2.45) is 0 Å². The van der Waals surface area contributed by atoms with E-state index in [9.17, 15) is 13.2 Å². The van der Waals surface area contributed by atoms with E-state index < -0.39 is 15.6 Å². The second-order valence-electron chi connectivity index (χ2n) is 7.11. The zero-order valence-corrected chi connectivity index (χ0v) is 17.1.